The van der Waals surface area contributed by atoms with Gasteiger partial charge in [-0.15, -0.1) is 0 Å². The van der Waals surface area contributed by atoms with E-state index in [-0.39, 0.29) is 6.04 Å². The van der Waals surface area contributed by atoms with Gasteiger partial charge in [0.25, 0.3) is 0 Å². The summed E-state index contributed by atoms with van der Waals surface area (Å²) in [7, 11) is 0. The number of hydrazine groups is 1. The number of nitrogens with zero attached hydrogens (tertiary/aromatic N) is 1. The maximum absolute atomic E-state index is 5.92. The summed E-state index contributed by atoms with van der Waals surface area (Å²) in [5, 5.41) is 1.09. The van der Waals surface area contributed by atoms with Crippen molar-refractivity contribution in [3.05, 3.63) is 33.8 Å². The fraction of sp³-hybridized carbons (Fsp3) is 0.364. The normalized spacial score (nSPS) is 12.0. The van der Waals surface area contributed by atoms with E-state index in [1.54, 1.807) is 6.07 Å². The van der Waals surface area contributed by atoms with E-state index in [1.807, 2.05) is 26.0 Å². The minimum Gasteiger partial charge on any atom is -0.312 e. The summed E-state index contributed by atoms with van der Waals surface area (Å²) in [4.78, 5) is 4.35. The van der Waals surface area contributed by atoms with Gasteiger partial charge in [0, 0.05) is 12.5 Å². The molecule has 0 radical (unpaired) electrons. The first kappa shape index (κ1) is 13.3. The summed E-state index contributed by atoms with van der Waals surface area (Å²) in [6.45, 7) is 3.98. The molecule has 3 nitrogen and oxygen atoms in total. The Morgan fingerprint density at radius 1 is 1.38 bits per heavy atom. The molecule has 0 unspecified atom stereocenters. The third-order valence-electron chi connectivity index (χ3n) is 1.94. The third kappa shape index (κ3) is 4.00. The van der Waals surface area contributed by atoms with E-state index >= 15 is 0 Å². The van der Waals surface area contributed by atoms with Crippen LogP contribution in [0.5, 0.6) is 0 Å². The van der Waals surface area contributed by atoms with Crippen LogP contribution in [0.1, 0.15) is 19.4 Å². The van der Waals surface area contributed by atoms with Crippen LogP contribution in [-0.2, 0) is 6.42 Å². The number of hydrogen-bond donors (Lipinski definition) is 2. The number of amidine groups is 1. The highest BCUT2D eigenvalue weighted by atomic mass is 35.5. The van der Waals surface area contributed by atoms with E-state index in [9.17, 15) is 0 Å². The van der Waals surface area contributed by atoms with Crippen molar-refractivity contribution in [2.45, 2.75) is 26.3 Å². The standard InChI is InChI=1S/C11H15Cl2N3/c1-7(2)15-11(16-14)6-8-3-4-9(12)10(13)5-8/h3-5,7H,6,14H2,1-2H3,(H,15,16). The minimum atomic E-state index is 0.203. The van der Waals surface area contributed by atoms with Gasteiger partial charge in [-0.25, -0.2) is 5.84 Å². The number of benzene rings is 1. The first-order valence-corrected chi connectivity index (χ1v) is 5.75. The molecular weight excluding hydrogens is 245 g/mol. The van der Waals surface area contributed by atoms with Crippen LogP contribution in [0.2, 0.25) is 10.0 Å². The molecular formula is C11H15Cl2N3. The summed E-state index contributed by atoms with van der Waals surface area (Å²) in [6, 6.07) is 5.69. The van der Waals surface area contributed by atoms with Gasteiger partial charge < -0.3 is 5.43 Å². The lowest BCUT2D eigenvalue weighted by molar-refractivity contribution is 0.811. The van der Waals surface area contributed by atoms with Crippen molar-refractivity contribution >= 4 is 29.0 Å². The number of halogens is 2. The minimum absolute atomic E-state index is 0.203. The topological polar surface area (TPSA) is 50.4 Å². The average molecular weight is 260 g/mol. The Hall–Kier alpha value is -0.770. The molecule has 0 saturated carbocycles. The van der Waals surface area contributed by atoms with Gasteiger partial charge in [0.15, 0.2) is 0 Å². The fourth-order valence-electron chi connectivity index (χ4n) is 1.29. The summed E-state index contributed by atoms with van der Waals surface area (Å²) < 4.78 is 0. The molecule has 0 aromatic heterocycles. The zero-order chi connectivity index (χ0) is 12.1. The fourth-order valence-corrected chi connectivity index (χ4v) is 1.61. The van der Waals surface area contributed by atoms with E-state index in [1.165, 1.54) is 0 Å². The number of hydrogen-bond acceptors (Lipinski definition) is 2. The van der Waals surface area contributed by atoms with E-state index < -0.39 is 0 Å². The smallest absolute Gasteiger partial charge is 0.115 e. The van der Waals surface area contributed by atoms with Gasteiger partial charge in [-0.3, -0.25) is 4.99 Å². The monoisotopic (exact) mass is 259 g/mol. The summed E-state index contributed by atoms with van der Waals surface area (Å²) in [6.07, 6.45) is 0.617. The zero-order valence-electron chi connectivity index (χ0n) is 9.30. The molecule has 1 rings (SSSR count). The first-order chi connectivity index (χ1) is 7.52. The molecule has 88 valence electrons. The molecule has 5 heteroatoms. The van der Waals surface area contributed by atoms with Gasteiger partial charge in [-0.2, -0.15) is 0 Å². The Morgan fingerprint density at radius 2 is 2.06 bits per heavy atom. The lowest BCUT2D eigenvalue weighted by atomic mass is 10.1. The highest BCUT2D eigenvalue weighted by Crippen LogP contribution is 2.22. The second-order valence-corrected chi connectivity index (χ2v) is 4.55. The molecule has 0 atom stereocenters. The molecule has 0 heterocycles. The Labute approximate surface area is 106 Å². The Kier molecular flexibility index (Phi) is 5.06. The molecule has 0 spiro atoms. The maximum Gasteiger partial charge on any atom is 0.115 e. The molecule has 0 fully saturated rings. The van der Waals surface area contributed by atoms with E-state index in [0.29, 0.717) is 16.5 Å². The lowest BCUT2D eigenvalue weighted by Gasteiger charge is -2.08. The van der Waals surface area contributed by atoms with Crippen molar-refractivity contribution in [3.8, 4) is 0 Å². The van der Waals surface area contributed by atoms with Crippen LogP contribution in [0.4, 0.5) is 0 Å². The van der Waals surface area contributed by atoms with Gasteiger partial charge >= 0.3 is 0 Å². The molecule has 1 aromatic carbocycles. The first-order valence-electron chi connectivity index (χ1n) is 5.00. The molecule has 1 aromatic rings. The van der Waals surface area contributed by atoms with Gasteiger partial charge in [-0.05, 0) is 31.5 Å². The van der Waals surface area contributed by atoms with Crippen molar-refractivity contribution < 1.29 is 0 Å². The predicted molar refractivity (Wildman–Crippen MR) is 70.1 cm³/mol. The molecule has 0 saturated heterocycles. The van der Waals surface area contributed by atoms with Crippen molar-refractivity contribution in [2.75, 3.05) is 0 Å². The van der Waals surface area contributed by atoms with Gasteiger partial charge in [0.05, 0.1) is 10.0 Å². The Morgan fingerprint density at radius 3 is 2.56 bits per heavy atom. The van der Waals surface area contributed by atoms with E-state index in [4.69, 9.17) is 29.0 Å². The highest BCUT2D eigenvalue weighted by Gasteiger charge is 2.03. The maximum atomic E-state index is 5.92. The molecule has 16 heavy (non-hydrogen) atoms. The summed E-state index contributed by atoms with van der Waals surface area (Å²) in [5.41, 5.74) is 3.61. The Balaban J connectivity index is 2.82. The van der Waals surface area contributed by atoms with Crippen LogP contribution in [0.25, 0.3) is 0 Å². The molecule has 0 aliphatic rings. The van der Waals surface area contributed by atoms with Crippen LogP contribution in [0.15, 0.2) is 23.2 Å². The van der Waals surface area contributed by atoms with Crippen LogP contribution >= 0.6 is 23.2 Å². The average Bonchev–Trinajstić information content (AvgIpc) is 2.22. The second kappa shape index (κ2) is 6.09. The SMILES string of the molecule is CC(C)N=C(Cc1ccc(Cl)c(Cl)c1)NN. The van der Waals surface area contributed by atoms with Crippen LogP contribution in [-0.4, -0.2) is 11.9 Å². The van der Waals surface area contributed by atoms with Crippen molar-refractivity contribution in [2.24, 2.45) is 10.8 Å². The Bertz CT molecular complexity index is 389. The quantitative estimate of drug-likeness (QED) is 0.380. The second-order valence-electron chi connectivity index (χ2n) is 3.74. The predicted octanol–water partition coefficient (Wildman–Crippen LogP) is 2.81. The zero-order valence-corrected chi connectivity index (χ0v) is 10.8. The van der Waals surface area contributed by atoms with Crippen LogP contribution in [0, 0.1) is 0 Å². The number of nitrogens with one attached hydrogen (secondary N) is 1. The summed E-state index contributed by atoms with van der Waals surface area (Å²) >= 11 is 11.8. The third-order valence-corrected chi connectivity index (χ3v) is 2.68. The van der Waals surface area contributed by atoms with Gasteiger partial charge in [-0.1, -0.05) is 29.3 Å². The number of aliphatic imine (C=N–C) groups is 1. The molecule has 0 aliphatic carbocycles. The van der Waals surface area contributed by atoms with Gasteiger partial charge in [0.1, 0.15) is 5.84 Å². The van der Waals surface area contributed by atoms with Crippen molar-refractivity contribution in [1.29, 1.82) is 0 Å². The van der Waals surface area contributed by atoms with Gasteiger partial charge in [0.2, 0.25) is 0 Å². The molecule has 0 amide bonds. The van der Waals surface area contributed by atoms with Crippen LogP contribution in [0.3, 0.4) is 0 Å². The van der Waals surface area contributed by atoms with E-state index in [0.717, 1.165) is 11.4 Å². The summed E-state index contributed by atoms with van der Waals surface area (Å²) in [5.74, 6) is 6.13. The lowest BCUT2D eigenvalue weighted by Crippen LogP contribution is -2.32. The van der Waals surface area contributed by atoms with Crippen LogP contribution < -0.4 is 11.3 Å². The van der Waals surface area contributed by atoms with E-state index in [2.05, 4.69) is 10.4 Å². The number of rotatable bonds is 3. The van der Waals surface area contributed by atoms with Crippen molar-refractivity contribution in [3.63, 3.8) is 0 Å². The molecule has 0 bridgehead atoms. The largest absolute Gasteiger partial charge is 0.312 e. The molecule has 3 N–H and O–H groups in total. The molecule has 0 aliphatic heterocycles. The van der Waals surface area contributed by atoms with Crippen molar-refractivity contribution in [1.82, 2.24) is 5.43 Å². The highest BCUT2D eigenvalue weighted by molar-refractivity contribution is 6.42. The number of nitrogens with two attached hydrogens (primary N) is 1.